The molecule has 3 rings (SSSR count). The number of rotatable bonds is 2. The Hall–Kier alpha value is -1.54. The van der Waals surface area contributed by atoms with Gasteiger partial charge in [-0.05, 0) is 35.3 Å². The monoisotopic (exact) mass is 370 g/mol. The van der Waals surface area contributed by atoms with Crippen molar-refractivity contribution in [2.75, 3.05) is 23.7 Å². The molecule has 1 atom stereocenters. The lowest BCUT2D eigenvalue weighted by molar-refractivity contribution is 0.191. The van der Waals surface area contributed by atoms with Crippen molar-refractivity contribution < 1.29 is 9.90 Å². The summed E-state index contributed by atoms with van der Waals surface area (Å²) in [7, 11) is 0. The van der Waals surface area contributed by atoms with Gasteiger partial charge in [0, 0.05) is 17.6 Å². The van der Waals surface area contributed by atoms with Crippen molar-refractivity contribution in [3.05, 3.63) is 15.5 Å². The minimum absolute atomic E-state index is 0.0691. The Morgan fingerprint density at radius 3 is 3.14 bits per heavy atom. The van der Waals surface area contributed by atoms with E-state index in [2.05, 4.69) is 31.1 Å². The van der Waals surface area contributed by atoms with E-state index in [1.165, 1.54) is 0 Å². The lowest BCUT2D eigenvalue weighted by Gasteiger charge is -2.21. The molecule has 1 unspecified atom stereocenters. The average molecular weight is 371 g/mol. The predicted octanol–water partition coefficient (Wildman–Crippen LogP) is 2.80. The van der Waals surface area contributed by atoms with E-state index >= 15 is 0 Å². The molecule has 0 saturated carbocycles. The quantitative estimate of drug-likeness (QED) is 0.706. The molecule has 1 aromatic carbocycles. The Balaban J connectivity index is 1.99. The van der Waals surface area contributed by atoms with E-state index in [4.69, 9.17) is 10.8 Å². The first-order chi connectivity index (χ1) is 9.95. The number of nitrogen functional groups attached to an aromatic ring is 1. The molecule has 2 aromatic rings. The Kier molecular flexibility index (Phi) is 3.66. The Labute approximate surface area is 134 Å². The topological polar surface area (TPSA) is 91.5 Å². The van der Waals surface area contributed by atoms with Crippen molar-refractivity contribution in [2.45, 2.75) is 19.4 Å². The molecule has 2 heterocycles. The number of thiazole rings is 1. The second-order valence-corrected chi connectivity index (χ2v) is 7.15. The molecule has 0 spiro atoms. The van der Waals surface area contributed by atoms with Gasteiger partial charge < -0.3 is 21.1 Å². The second kappa shape index (κ2) is 5.34. The van der Waals surface area contributed by atoms with E-state index < -0.39 is 6.09 Å². The number of carboxylic acid groups (broad SMARTS) is 1. The second-order valence-electron chi connectivity index (χ2n) is 5.09. The zero-order chi connectivity index (χ0) is 15.1. The van der Waals surface area contributed by atoms with Crippen molar-refractivity contribution in [3.63, 3.8) is 0 Å². The number of aromatic nitrogens is 1. The van der Waals surface area contributed by atoms with Crippen LogP contribution in [0.1, 0.15) is 11.4 Å². The molecule has 0 radical (unpaired) electrons. The average Bonchev–Trinajstić information content (AvgIpc) is 2.96. The van der Waals surface area contributed by atoms with Gasteiger partial charge in [0.25, 0.3) is 0 Å². The third-order valence-electron chi connectivity index (χ3n) is 3.56. The van der Waals surface area contributed by atoms with Crippen molar-refractivity contribution >= 4 is 55.0 Å². The molecule has 1 aliphatic rings. The molecule has 1 fully saturated rings. The smallest absolute Gasteiger partial charge is 0.404 e. The zero-order valence-corrected chi connectivity index (χ0v) is 13.8. The standard InChI is InChI=1S/C13H15BrN4O2S/c1-6-16-10-11(9(15)4-8(14)12(10)21-6)18-3-2-7(5-18)17-13(19)20/h4,7,17H,2-3,5,15H2,1H3,(H,19,20). The van der Waals surface area contributed by atoms with Crippen LogP contribution in [0.15, 0.2) is 10.5 Å². The number of aryl methyl sites for hydroxylation is 1. The molecule has 21 heavy (non-hydrogen) atoms. The number of halogens is 1. The highest BCUT2D eigenvalue weighted by Gasteiger charge is 2.27. The maximum absolute atomic E-state index is 10.8. The number of nitrogens with zero attached hydrogens (tertiary/aromatic N) is 2. The van der Waals surface area contributed by atoms with E-state index in [1.807, 2.05) is 13.0 Å². The van der Waals surface area contributed by atoms with Gasteiger partial charge >= 0.3 is 6.09 Å². The summed E-state index contributed by atoms with van der Waals surface area (Å²) in [6.45, 7) is 3.35. The fraction of sp³-hybridized carbons (Fsp3) is 0.385. The highest BCUT2D eigenvalue weighted by atomic mass is 79.9. The normalized spacial score (nSPS) is 18.4. The summed E-state index contributed by atoms with van der Waals surface area (Å²) in [5.41, 5.74) is 8.64. The number of hydrogen-bond donors (Lipinski definition) is 3. The van der Waals surface area contributed by atoms with Crippen LogP contribution >= 0.6 is 27.3 Å². The van der Waals surface area contributed by atoms with Gasteiger partial charge in [0.05, 0.1) is 27.1 Å². The van der Waals surface area contributed by atoms with Gasteiger partial charge in [-0.3, -0.25) is 0 Å². The highest BCUT2D eigenvalue weighted by molar-refractivity contribution is 9.10. The first-order valence-electron chi connectivity index (χ1n) is 6.55. The molecule has 8 heteroatoms. The summed E-state index contributed by atoms with van der Waals surface area (Å²) < 4.78 is 2.02. The minimum Gasteiger partial charge on any atom is -0.465 e. The van der Waals surface area contributed by atoms with Crippen LogP contribution in [0, 0.1) is 6.92 Å². The molecule has 1 aromatic heterocycles. The van der Waals surface area contributed by atoms with E-state index in [0.29, 0.717) is 12.2 Å². The van der Waals surface area contributed by atoms with Crippen LogP contribution in [-0.4, -0.2) is 35.3 Å². The number of benzene rings is 1. The molecule has 112 valence electrons. The summed E-state index contributed by atoms with van der Waals surface area (Å²) in [5.74, 6) is 0. The summed E-state index contributed by atoms with van der Waals surface area (Å²) in [6, 6.07) is 1.83. The Morgan fingerprint density at radius 2 is 2.43 bits per heavy atom. The van der Waals surface area contributed by atoms with Gasteiger partial charge in [-0.25, -0.2) is 9.78 Å². The van der Waals surface area contributed by atoms with Gasteiger partial charge in [-0.1, -0.05) is 0 Å². The van der Waals surface area contributed by atoms with E-state index in [-0.39, 0.29) is 6.04 Å². The summed E-state index contributed by atoms with van der Waals surface area (Å²) >= 11 is 5.15. The number of anilines is 2. The number of fused-ring (bicyclic) bond motifs is 1. The molecule has 4 N–H and O–H groups in total. The summed E-state index contributed by atoms with van der Waals surface area (Å²) in [6.07, 6.45) is -0.216. The minimum atomic E-state index is -0.986. The van der Waals surface area contributed by atoms with Crippen LogP contribution in [0.3, 0.4) is 0 Å². The number of nitrogens with one attached hydrogen (secondary N) is 1. The third kappa shape index (κ3) is 2.65. The third-order valence-corrected chi connectivity index (χ3v) is 5.46. The molecule has 0 aliphatic carbocycles. The van der Waals surface area contributed by atoms with Gasteiger partial charge in [0.1, 0.15) is 5.52 Å². The summed E-state index contributed by atoms with van der Waals surface area (Å²) in [5, 5.41) is 12.3. The van der Waals surface area contributed by atoms with E-state index in [0.717, 1.165) is 38.3 Å². The fourth-order valence-corrected chi connectivity index (χ4v) is 4.25. The molecule has 1 amide bonds. The zero-order valence-electron chi connectivity index (χ0n) is 11.4. The van der Waals surface area contributed by atoms with Crippen LogP contribution in [0.5, 0.6) is 0 Å². The van der Waals surface area contributed by atoms with Gasteiger partial charge in [0.2, 0.25) is 0 Å². The molecule has 6 nitrogen and oxygen atoms in total. The molecular weight excluding hydrogens is 356 g/mol. The first kappa shape index (κ1) is 14.4. The number of carbonyl (C=O) groups is 1. The van der Waals surface area contributed by atoms with Crippen LogP contribution in [0.4, 0.5) is 16.2 Å². The maximum Gasteiger partial charge on any atom is 0.404 e. The van der Waals surface area contributed by atoms with Crippen molar-refractivity contribution in [3.8, 4) is 0 Å². The highest BCUT2D eigenvalue weighted by Crippen LogP contribution is 2.41. The van der Waals surface area contributed by atoms with Crippen molar-refractivity contribution in [1.82, 2.24) is 10.3 Å². The molecular formula is C13H15BrN4O2S. The van der Waals surface area contributed by atoms with Crippen LogP contribution in [-0.2, 0) is 0 Å². The Bertz CT molecular complexity index is 718. The van der Waals surface area contributed by atoms with Crippen molar-refractivity contribution in [1.29, 1.82) is 0 Å². The van der Waals surface area contributed by atoms with Gasteiger partial charge in [0.15, 0.2) is 0 Å². The van der Waals surface area contributed by atoms with E-state index in [1.54, 1.807) is 11.3 Å². The summed E-state index contributed by atoms with van der Waals surface area (Å²) in [4.78, 5) is 17.5. The van der Waals surface area contributed by atoms with Crippen LogP contribution in [0.2, 0.25) is 0 Å². The van der Waals surface area contributed by atoms with Gasteiger partial charge in [-0.15, -0.1) is 11.3 Å². The van der Waals surface area contributed by atoms with Crippen LogP contribution in [0.25, 0.3) is 10.2 Å². The predicted molar refractivity (Wildman–Crippen MR) is 88.2 cm³/mol. The fourth-order valence-electron chi connectivity index (χ4n) is 2.74. The van der Waals surface area contributed by atoms with Crippen molar-refractivity contribution in [2.24, 2.45) is 0 Å². The maximum atomic E-state index is 10.8. The first-order valence-corrected chi connectivity index (χ1v) is 8.16. The van der Waals surface area contributed by atoms with E-state index in [9.17, 15) is 4.79 Å². The SMILES string of the molecule is Cc1nc2c(N3CCC(NC(=O)O)C3)c(N)cc(Br)c2s1. The molecule has 0 bridgehead atoms. The largest absolute Gasteiger partial charge is 0.465 e. The molecule has 1 saturated heterocycles. The van der Waals surface area contributed by atoms with Gasteiger partial charge in [-0.2, -0.15) is 0 Å². The number of nitrogens with two attached hydrogens (primary N) is 1. The lowest BCUT2D eigenvalue weighted by Crippen LogP contribution is -2.36. The molecule has 1 aliphatic heterocycles. The van der Waals surface area contributed by atoms with Crippen LogP contribution < -0.4 is 16.0 Å². The Morgan fingerprint density at radius 1 is 1.67 bits per heavy atom. The lowest BCUT2D eigenvalue weighted by atomic mass is 10.2. The number of amides is 1. The number of hydrogen-bond acceptors (Lipinski definition) is 5.